The first-order valence-electron chi connectivity index (χ1n) is 8.88. The molecule has 26 heavy (non-hydrogen) atoms. The lowest BCUT2D eigenvalue weighted by Crippen LogP contribution is -2.41. The van der Waals surface area contributed by atoms with Crippen molar-refractivity contribution < 1.29 is 9.32 Å². The average Bonchev–Trinajstić information content (AvgIpc) is 3.33. The zero-order valence-electron chi connectivity index (χ0n) is 14.2. The second kappa shape index (κ2) is 6.32. The molecule has 0 N–H and O–H groups in total. The summed E-state index contributed by atoms with van der Waals surface area (Å²) >= 11 is 1.75. The number of amides is 1. The van der Waals surface area contributed by atoms with E-state index >= 15 is 0 Å². The summed E-state index contributed by atoms with van der Waals surface area (Å²) in [5.41, 5.74) is 4.21. The number of aromatic nitrogens is 3. The Bertz CT molecular complexity index is 950. The molecule has 0 aromatic carbocycles. The molecule has 1 unspecified atom stereocenters. The van der Waals surface area contributed by atoms with Crippen LogP contribution in [0, 0.1) is 5.92 Å². The fourth-order valence-electron chi connectivity index (χ4n) is 3.79. The second-order valence-electron chi connectivity index (χ2n) is 6.86. The smallest absolute Gasteiger partial charge is 0.226 e. The number of fused-ring (bicyclic) bond motifs is 2. The van der Waals surface area contributed by atoms with Gasteiger partial charge in [0.15, 0.2) is 0 Å². The van der Waals surface area contributed by atoms with Crippen LogP contribution in [-0.4, -0.2) is 32.5 Å². The molecule has 1 aliphatic carbocycles. The standard InChI is InChI=1S/C19H18N4O2S/c24-19(23-8-5-15-14(10-23)11-25-22-15)13-1-2-17-16(9-13)21-18(26-17)12-3-6-20-7-4-12/h3-4,6-7,11,13H,1-2,5,8-10H2. The van der Waals surface area contributed by atoms with Gasteiger partial charge in [-0.25, -0.2) is 4.98 Å². The summed E-state index contributed by atoms with van der Waals surface area (Å²) in [6, 6.07) is 3.97. The Labute approximate surface area is 154 Å². The highest BCUT2D eigenvalue weighted by atomic mass is 32.1. The first-order valence-corrected chi connectivity index (χ1v) is 9.69. The van der Waals surface area contributed by atoms with Crippen LogP contribution in [0.1, 0.15) is 28.2 Å². The number of thiazole rings is 1. The van der Waals surface area contributed by atoms with Gasteiger partial charge in [-0.05, 0) is 25.0 Å². The molecule has 0 bridgehead atoms. The molecule has 4 heterocycles. The van der Waals surface area contributed by atoms with Gasteiger partial charge in [-0.1, -0.05) is 5.16 Å². The Morgan fingerprint density at radius 3 is 3.00 bits per heavy atom. The van der Waals surface area contributed by atoms with Crippen molar-refractivity contribution in [2.75, 3.05) is 6.54 Å². The number of carbonyl (C=O) groups excluding carboxylic acids is 1. The van der Waals surface area contributed by atoms with E-state index in [2.05, 4.69) is 10.1 Å². The largest absolute Gasteiger partial charge is 0.364 e. The van der Waals surface area contributed by atoms with Crippen molar-refractivity contribution in [1.82, 2.24) is 20.0 Å². The van der Waals surface area contributed by atoms with Crippen LogP contribution < -0.4 is 0 Å². The maximum atomic E-state index is 13.0. The summed E-state index contributed by atoms with van der Waals surface area (Å²) in [5, 5.41) is 5.02. The number of nitrogens with zero attached hydrogens (tertiary/aromatic N) is 4. The van der Waals surface area contributed by atoms with Gasteiger partial charge in [0.2, 0.25) is 5.91 Å². The predicted molar refractivity (Wildman–Crippen MR) is 96.5 cm³/mol. The highest BCUT2D eigenvalue weighted by Gasteiger charge is 2.32. The van der Waals surface area contributed by atoms with Gasteiger partial charge in [-0.3, -0.25) is 9.78 Å². The van der Waals surface area contributed by atoms with Gasteiger partial charge >= 0.3 is 0 Å². The molecule has 7 heteroatoms. The zero-order valence-corrected chi connectivity index (χ0v) is 15.0. The average molecular weight is 366 g/mol. The van der Waals surface area contributed by atoms with E-state index < -0.39 is 0 Å². The van der Waals surface area contributed by atoms with Crippen LogP contribution in [0.25, 0.3) is 10.6 Å². The summed E-state index contributed by atoms with van der Waals surface area (Å²) in [6.45, 7) is 1.33. The number of aryl methyl sites for hydroxylation is 1. The highest BCUT2D eigenvalue weighted by Crippen LogP contribution is 2.35. The molecular formula is C19H18N4O2S. The molecule has 3 aromatic heterocycles. The predicted octanol–water partition coefficient (Wildman–Crippen LogP) is 2.88. The molecule has 2 aliphatic rings. The van der Waals surface area contributed by atoms with Crippen molar-refractivity contribution in [3.8, 4) is 10.6 Å². The number of rotatable bonds is 2. The number of pyridine rings is 1. The van der Waals surface area contributed by atoms with E-state index in [9.17, 15) is 4.79 Å². The maximum absolute atomic E-state index is 13.0. The Balaban J connectivity index is 1.33. The lowest BCUT2D eigenvalue weighted by molar-refractivity contribution is -0.136. The van der Waals surface area contributed by atoms with Crippen molar-refractivity contribution in [3.63, 3.8) is 0 Å². The molecule has 0 fully saturated rings. The molecule has 0 saturated carbocycles. The maximum Gasteiger partial charge on any atom is 0.226 e. The van der Waals surface area contributed by atoms with Gasteiger partial charge < -0.3 is 9.42 Å². The fraction of sp³-hybridized carbons (Fsp3) is 0.368. The van der Waals surface area contributed by atoms with Crippen LogP contribution in [0.15, 0.2) is 35.3 Å². The topological polar surface area (TPSA) is 72.1 Å². The second-order valence-corrected chi connectivity index (χ2v) is 7.94. The van der Waals surface area contributed by atoms with Crippen LogP contribution in [-0.2, 0) is 30.6 Å². The molecule has 6 nitrogen and oxygen atoms in total. The Morgan fingerprint density at radius 1 is 1.23 bits per heavy atom. The molecule has 0 spiro atoms. The van der Waals surface area contributed by atoms with Crippen LogP contribution in [0.3, 0.4) is 0 Å². The van der Waals surface area contributed by atoms with E-state index in [1.165, 1.54) is 4.88 Å². The molecule has 1 amide bonds. The number of hydrogen-bond acceptors (Lipinski definition) is 6. The SMILES string of the molecule is O=C(C1CCc2sc(-c3ccncc3)nc2C1)N1CCc2nocc2C1. The van der Waals surface area contributed by atoms with Crippen LogP contribution >= 0.6 is 11.3 Å². The lowest BCUT2D eigenvalue weighted by Gasteiger charge is -2.31. The Morgan fingerprint density at radius 2 is 2.12 bits per heavy atom. The van der Waals surface area contributed by atoms with E-state index in [-0.39, 0.29) is 11.8 Å². The molecule has 0 radical (unpaired) electrons. The summed E-state index contributed by atoms with van der Waals surface area (Å²) in [6.07, 6.45) is 8.59. The Hall–Kier alpha value is -2.54. The van der Waals surface area contributed by atoms with Crippen molar-refractivity contribution in [1.29, 1.82) is 0 Å². The summed E-state index contributed by atoms with van der Waals surface area (Å²) in [4.78, 5) is 25.2. The van der Waals surface area contributed by atoms with Gasteiger partial charge in [-0.15, -0.1) is 11.3 Å². The third-order valence-corrected chi connectivity index (χ3v) is 6.44. The van der Waals surface area contributed by atoms with Gasteiger partial charge in [0.1, 0.15) is 11.3 Å². The summed E-state index contributed by atoms with van der Waals surface area (Å²) < 4.78 is 5.03. The number of hydrogen-bond donors (Lipinski definition) is 0. The molecular weight excluding hydrogens is 348 g/mol. The van der Waals surface area contributed by atoms with E-state index in [4.69, 9.17) is 9.51 Å². The highest BCUT2D eigenvalue weighted by molar-refractivity contribution is 7.15. The minimum absolute atomic E-state index is 0.0244. The molecule has 1 atom stereocenters. The van der Waals surface area contributed by atoms with Crippen LogP contribution in [0.4, 0.5) is 0 Å². The van der Waals surface area contributed by atoms with Crippen molar-refractivity contribution in [3.05, 3.63) is 52.6 Å². The van der Waals surface area contributed by atoms with E-state index in [1.807, 2.05) is 17.0 Å². The first kappa shape index (κ1) is 15.7. The number of carbonyl (C=O) groups is 1. The van der Waals surface area contributed by atoms with E-state index in [0.717, 1.165) is 59.8 Å². The molecule has 132 valence electrons. The van der Waals surface area contributed by atoms with Gasteiger partial charge in [0.25, 0.3) is 0 Å². The lowest BCUT2D eigenvalue weighted by atomic mass is 9.89. The zero-order chi connectivity index (χ0) is 17.5. The van der Waals surface area contributed by atoms with Crippen molar-refractivity contribution >= 4 is 17.2 Å². The summed E-state index contributed by atoms with van der Waals surface area (Å²) in [7, 11) is 0. The monoisotopic (exact) mass is 366 g/mol. The normalized spacial score (nSPS) is 19.1. The van der Waals surface area contributed by atoms with E-state index in [1.54, 1.807) is 30.0 Å². The van der Waals surface area contributed by atoms with Gasteiger partial charge in [0, 0.05) is 53.7 Å². The van der Waals surface area contributed by atoms with Crippen molar-refractivity contribution in [2.24, 2.45) is 5.92 Å². The quantitative estimate of drug-likeness (QED) is 0.697. The summed E-state index contributed by atoms with van der Waals surface area (Å²) in [5.74, 6) is 0.261. The third-order valence-electron chi connectivity index (χ3n) is 5.23. The molecule has 5 rings (SSSR count). The van der Waals surface area contributed by atoms with Crippen LogP contribution in [0.2, 0.25) is 0 Å². The first-order chi connectivity index (χ1) is 12.8. The Kier molecular flexibility index (Phi) is 3.81. The van der Waals surface area contributed by atoms with Gasteiger partial charge in [0.05, 0.1) is 17.9 Å². The van der Waals surface area contributed by atoms with E-state index in [0.29, 0.717) is 6.54 Å². The molecule has 1 aliphatic heterocycles. The molecule has 3 aromatic rings. The minimum Gasteiger partial charge on any atom is -0.364 e. The van der Waals surface area contributed by atoms with Crippen molar-refractivity contribution in [2.45, 2.75) is 32.2 Å². The van der Waals surface area contributed by atoms with Crippen LogP contribution in [0.5, 0.6) is 0 Å². The molecule has 0 saturated heterocycles. The van der Waals surface area contributed by atoms with Gasteiger partial charge in [-0.2, -0.15) is 0 Å². The minimum atomic E-state index is 0.0244. The third kappa shape index (κ3) is 2.72. The fourth-order valence-corrected chi connectivity index (χ4v) is 4.90.